The number of aryl methyl sites for hydroxylation is 2. The monoisotopic (exact) mass is 447 g/mol. The summed E-state index contributed by atoms with van der Waals surface area (Å²) in [5, 5.41) is 21.9. The molecule has 33 heavy (non-hydrogen) atoms. The summed E-state index contributed by atoms with van der Waals surface area (Å²) in [6.45, 7) is 5.50. The van der Waals surface area contributed by atoms with Crippen molar-refractivity contribution in [1.82, 2.24) is 5.43 Å². The van der Waals surface area contributed by atoms with Crippen LogP contribution < -0.4 is 10.4 Å². The van der Waals surface area contributed by atoms with Gasteiger partial charge >= 0.3 is 5.97 Å². The number of nitro benzene ring substituents is 1. The number of nitro groups is 1. The minimum absolute atomic E-state index is 0.0467. The summed E-state index contributed by atoms with van der Waals surface area (Å²) in [5.41, 5.74) is 6.16. The van der Waals surface area contributed by atoms with E-state index in [1.54, 1.807) is 36.4 Å². The van der Waals surface area contributed by atoms with Crippen LogP contribution >= 0.6 is 0 Å². The van der Waals surface area contributed by atoms with Gasteiger partial charge in [0.25, 0.3) is 11.6 Å². The minimum Gasteiger partial charge on any atom is -0.478 e. The van der Waals surface area contributed by atoms with Crippen LogP contribution in [0.15, 0.2) is 58.5 Å². The summed E-state index contributed by atoms with van der Waals surface area (Å²) in [6.07, 6.45) is 1.60. The average molecular weight is 447 g/mol. The lowest BCUT2D eigenvalue weighted by molar-refractivity contribution is -0.384. The number of furan rings is 1. The predicted molar refractivity (Wildman–Crippen MR) is 122 cm³/mol. The van der Waals surface area contributed by atoms with Crippen LogP contribution in [0.25, 0.3) is 17.4 Å². The smallest absolute Gasteiger partial charge is 0.335 e. The number of carboxylic acids is 1. The Balaban J connectivity index is 1.63. The molecule has 1 fully saturated rings. The van der Waals surface area contributed by atoms with Crippen LogP contribution in [0.4, 0.5) is 11.4 Å². The molecule has 9 heteroatoms. The highest BCUT2D eigenvalue weighted by Crippen LogP contribution is 2.34. The number of benzene rings is 2. The number of amides is 1. The van der Waals surface area contributed by atoms with E-state index in [9.17, 15) is 19.7 Å². The van der Waals surface area contributed by atoms with Crippen LogP contribution in [-0.4, -0.2) is 27.9 Å². The van der Waals surface area contributed by atoms with E-state index < -0.39 is 10.9 Å². The topological polar surface area (TPSA) is 126 Å². The van der Waals surface area contributed by atoms with Crippen molar-refractivity contribution < 1.29 is 24.0 Å². The molecule has 168 valence electrons. The number of hydrazine groups is 1. The van der Waals surface area contributed by atoms with Crippen LogP contribution in [0.3, 0.4) is 0 Å². The number of carbonyl (C=O) groups excluding carboxylic acids is 1. The zero-order chi connectivity index (χ0) is 23.9. The fourth-order valence-electron chi connectivity index (χ4n) is 3.65. The molecule has 1 amide bonds. The first-order valence-corrected chi connectivity index (χ1v) is 10.2. The average Bonchev–Trinajstić information content (AvgIpc) is 3.35. The molecule has 2 heterocycles. The Labute approximate surface area is 189 Å². The maximum Gasteiger partial charge on any atom is 0.335 e. The highest BCUT2D eigenvalue weighted by atomic mass is 16.6. The van der Waals surface area contributed by atoms with Crippen molar-refractivity contribution in [3.05, 3.63) is 86.7 Å². The van der Waals surface area contributed by atoms with Crippen molar-refractivity contribution in [2.45, 2.75) is 26.8 Å². The van der Waals surface area contributed by atoms with Crippen molar-refractivity contribution in [2.24, 2.45) is 0 Å². The van der Waals surface area contributed by atoms with Crippen molar-refractivity contribution in [2.75, 3.05) is 5.01 Å². The lowest BCUT2D eigenvalue weighted by atomic mass is 10.0. The fraction of sp³-hybridized carbons (Fsp3) is 0.167. The molecule has 0 aliphatic carbocycles. The number of hydrogen-bond donors (Lipinski definition) is 2. The van der Waals surface area contributed by atoms with Crippen LogP contribution in [-0.2, 0) is 4.79 Å². The van der Waals surface area contributed by atoms with Crippen LogP contribution in [0.2, 0.25) is 0 Å². The van der Waals surface area contributed by atoms with E-state index in [1.165, 1.54) is 23.2 Å². The maximum atomic E-state index is 13.0. The molecule has 0 spiro atoms. The number of hydrogen-bond acceptors (Lipinski definition) is 6. The molecular weight excluding hydrogens is 426 g/mol. The van der Waals surface area contributed by atoms with Crippen molar-refractivity contribution in [3.63, 3.8) is 0 Å². The Bertz CT molecular complexity index is 1310. The Morgan fingerprint density at radius 1 is 1.15 bits per heavy atom. The first kappa shape index (κ1) is 22.0. The van der Waals surface area contributed by atoms with E-state index in [0.717, 1.165) is 11.1 Å². The van der Waals surface area contributed by atoms with Crippen LogP contribution in [0.1, 0.15) is 34.2 Å². The van der Waals surface area contributed by atoms with E-state index in [2.05, 4.69) is 5.43 Å². The standard InChI is InChI=1S/C24H21N3O6/c1-13-10-20(21(27(31)32)11-14(13)2)22-9-8-18(33-22)12-19-15(3)25-26(23(19)28)17-6-4-16(5-7-17)24(29)30/h4-12,15,25H,1-3H3,(H,29,30)/b19-12+/t15-/m1/s1. The van der Waals surface area contributed by atoms with Gasteiger partial charge < -0.3 is 9.52 Å². The normalized spacial score (nSPS) is 17.1. The number of nitrogens with zero attached hydrogens (tertiary/aromatic N) is 2. The number of anilines is 1. The molecule has 9 nitrogen and oxygen atoms in total. The highest BCUT2D eigenvalue weighted by molar-refractivity contribution is 6.11. The second kappa shape index (κ2) is 8.36. The van der Waals surface area contributed by atoms with Crippen molar-refractivity contribution >= 4 is 29.3 Å². The fourth-order valence-corrected chi connectivity index (χ4v) is 3.65. The van der Waals surface area contributed by atoms with E-state index in [0.29, 0.717) is 28.3 Å². The van der Waals surface area contributed by atoms with Gasteiger partial charge in [-0.2, -0.15) is 0 Å². The number of rotatable bonds is 5. The third-order valence-corrected chi connectivity index (χ3v) is 5.61. The number of nitrogens with one attached hydrogen (secondary N) is 1. The first-order chi connectivity index (χ1) is 15.7. The molecule has 0 unspecified atom stereocenters. The quantitative estimate of drug-likeness (QED) is 0.335. The van der Waals surface area contributed by atoms with Crippen molar-refractivity contribution in [3.8, 4) is 11.3 Å². The van der Waals surface area contributed by atoms with Gasteiger partial charge in [0.05, 0.1) is 27.8 Å². The third-order valence-electron chi connectivity index (χ3n) is 5.61. The van der Waals surface area contributed by atoms with Gasteiger partial charge in [-0.3, -0.25) is 14.9 Å². The van der Waals surface area contributed by atoms with Gasteiger partial charge in [-0.1, -0.05) is 0 Å². The van der Waals surface area contributed by atoms with Gasteiger partial charge in [0.1, 0.15) is 11.5 Å². The predicted octanol–water partition coefficient (Wildman–Crippen LogP) is 4.49. The Kier molecular flexibility index (Phi) is 5.57. The molecule has 1 aliphatic heterocycles. The van der Waals surface area contributed by atoms with E-state index in [1.807, 2.05) is 20.8 Å². The molecular formula is C24H21N3O6. The second-order valence-corrected chi connectivity index (χ2v) is 7.86. The lowest BCUT2D eigenvalue weighted by Gasteiger charge is -2.16. The molecule has 2 aromatic carbocycles. The Morgan fingerprint density at radius 3 is 2.45 bits per heavy atom. The van der Waals surface area contributed by atoms with Gasteiger partial charge in [0.2, 0.25) is 0 Å². The molecule has 1 saturated heterocycles. The van der Waals surface area contributed by atoms with Gasteiger partial charge in [-0.15, -0.1) is 0 Å². The minimum atomic E-state index is -1.05. The zero-order valence-electron chi connectivity index (χ0n) is 18.2. The number of aromatic carboxylic acids is 1. The molecule has 3 aromatic rings. The van der Waals surface area contributed by atoms with Gasteiger partial charge in [-0.25, -0.2) is 15.2 Å². The summed E-state index contributed by atoms with van der Waals surface area (Å²) in [4.78, 5) is 35.1. The van der Waals surface area contributed by atoms with Gasteiger partial charge in [0, 0.05) is 11.6 Å². The summed E-state index contributed by atoms with van der Waals surface area (Å²) >= 11 is 0. The second-order valence-electron chi connectivity index (χ2n) is 7.86. The van der Waals surface area contributed by atoms with E-state index in [4.69, 9.17) is 9.52 Å². The van der Waals surface area contributed by atoms with E-state index in [-0.39, 0.29) is 23.2 Å². The molecule has 0 bridgehead atoms. The van der Waals surface area contributed by atoms with E-state index >= 15 is 0 Å². The summed E-state index contributed by atoms with van der Waals surface area (Å²) < 4.78 is 5.85. The molecule has 1 aromatic heterocycles. The highest BCUT2D eigenvalue weighted by Gasteiger charge is 2.33. The van der Waals surface area contributed by atoms with Crippen LogP contribution in [0.5, 0.6) is 0 Å². The Morgan fingerprint density at radius 2 is 1.82 bits per heavy atom. The first-order valence-electron chi connectivity index (χ1n) is 10.2. The van der Waals surface area contributed by atoms with Gasteiger partial charge in [0.15, 0.2) is 0 Å². The van der Waals surface area contributed by atoms with Crippen molar-refractivity contribution in [1.29, 1.82) is 0 Å². The SMILES string of the molecule is Cc1cc(-c2ccc(/C=C3/C(=O)N(c4ccc(C(=O)O)cc4)N[C@@H]3C)o2)c([N+](=O)[O-])cc1C. The maximum absolute atomic E-state index is 13.0. The molecule has 2 N–H and O–H groups in total. The summed E-state index contributed by atoms with van der Waals surface area (Å²) in [7, 11) is 0. The van der Waals surface area contributed by atoms with Gasteiger partial charge in [-0.05, 0) is 80.4 Å². The molecule has 4 rings (SSSR count). The lowest BCUT2D eigenvalue weighted by Crippen LogP contribution is -2.36. The Hall–Kier alpha value is -4.24. The number of carbonyl (C=O) groups is 2. The summed E-state index contributed by atoms with van der Waals surface area (Å²) in [6, 6.07) is 12.2. The molecule has 1 aliphatic rings. The number of carboxylic acid groups (broad SMARTS) is 1. The zero-order valence-corrected chi connectivity index (χ0v) is 18.2. The molecule has 0 radical (unpaired) electrons. The third kappa shape index (κ3) is 4.13. The molecule has 1 atom stereocenters. The largest absolute Gasteiger partial charge is 0.478 e. The van der Waals surface area contributed by atoms with Crippen LogP contribution in [0, 0.1) is 24.0 Å². The summed E-state index contributed by atoms with van der Waals surface area (Å²) in [5.74, 6) is -0.629. The molecule has 0 saturated carbocycles.